The monoisotopic (exact) mass is 319 g/mol. The molecule has 3 rings (SSSR count). The topological polar surface area (TPSA) is 59.0 Å². The summed E-state index contributed by atoms with van der Waals surface area (Å²) in [4.78, 5) is 12.7. The first-order valence-corrected chi connectivity index (χ1v) is 8.41. The van der Waals surface area contributed by atoms with E-state index in [2.05, 4.69) is 6.92 Å². The van der Waals surface area contributed by atoms with Crippen molar-refractivity contribution in [2.24, 2.45) is 5.92 Å². The normalized spacial score (nSPS) is 24.9. The Labute approximate surface area is 137 Å². The third-order valence-corrected chi connectivity index (χ3v) is 5.09. The summed E-state index contributed by atoms with van der Waals surface area (Å²) in [7, 11) is 1.65. The molecule has 2 atom stereocenters. The highest BCUT2D eigenvalue weighted by Crippen LogP contribution is 2.38. The van der Waals surface area contributed by atoms with Gasteiger partial charge in [0, 0.05) is 19.0 Å². The minimum atomic E-state index is -0.838. The van der Waals surface area contributed by atoms with Gasteiger partial charge in [-0.05, 0) is 49.3 Å². The van der Waals surface area contributed by atoms with Crippen LogP contribution in [0, 0.1) is 5.92 Å². The number of carbonyl (C=O) groups is 1. The van der Waals surface area contributed by atoms with Gasteiger partial charge in [-0.25, -0.2) is 4.79 Å². The lowest BCUT2D eigenvalue weighted by molar-refractivity contribution is 0.154. The quantitative estimate of drug-likeness (QED) is 0.918. The van der Waals surface area contributed by atoms with Crippen LogP contribution in [0.4, 0.5) is 4.79 Å². The average Bonchev–Trinajstić information content (AvgIpc) is 3.17. The molecule has 5 nitrogen and oxygen atoms in total. The molecule has 0 bridgehead atoms. The van der Waals surface area contributed by atoms with Crippen molar-refractivity contribution < 1.29 is 19.4 Å². The van der Waals surface area contributed by atoms with E-state index in [-0.39, 0.29) is 12.0 Å². The molecule has 23 heavy (non-hydrogen) atoms. The van der Waals surface area contributed by atoms with Crippen molar-refractivity contribution in [3.05, 3.63) is 23.8 Å². The third kappa shape index (κ3) is 3.38. The highest BCUT2D eigenvalue weighted by molar-refractivity contribution is 5.65. The summed E-state index contributed by atoms with van der Waals surface area (Å²) in [5.74, 6) is 2.06. The van der Waals surface area contributed by atoms with Gasteiger partial charge in [-0.3, -0.25) is 0 Å². The number of hydrogen-bond acceptors (Lipinski definition) is 3. The Hall–Kier alpha value is -1.91. The van der Waals surface area contributed by atoms with Crippen molar-refractivity contribution in [3.63, 3.8) is 0 Å². The number of methoxy groups -OCH3 is 1. The van der Waals surface area contributed by atoms with Crippen molar-refractivity contribution in [2.45, 2.75) is 44.6 Å². The summed E-state index contributed by atoms with van der Waals surface area (Å²) in [5.41, 5.74) is 1.13. The molecule has 2 aliphatic rings. The number of benzene rings is 1. The Bertz CT molecular complexity index is 568. The Morgan fingerprint density at radius 2 is 1.96 bits per heavy atom. The summed E-state index contributed by atoms with van der Waals surface area (Å²) >= 11 is 0. The summed E-state index contributed by atoms with van der Waals surface area (Å²) in [6.45, 7) is 3.24. The largest absolute Gasteiger partial charge is 0.493 e. The molecule has 1 heterocycles. The molecule has 1 aliphatic carbocycles. The maximum Gasteiger partial charge on any atom is 0.407 e. The van der Waals surface area contributed by atoms with Crippen LogP contribution < -0.4 is 9.47 Å². The minimum Gasteiger partial charge on any atom is -0.493 e. The van der Waals surface area contributed by atoms with Gasteiger partial charge >= 0.3 is 6.09 Å². The second-order valence-electron chi connectivity index (χ2n) is 6.71. The van der Waals surface area contributed by atoms with Gasteiger partial charge in [0.2, 0.25) is 0 Å². The fraction of sp³-hybridized carbons (Fsp3) is 0.611. The van der Waals surface area contributed by atoms with E-state index in [1.165, 1.54) is 17.7 Å². The molecular formula is C18H25NO4. The van der Waals surface area contributed by atoms with Crippen LogP contribution in [-0.4, -0.2) is 42.4 Å². The van der Waals surface area contributed by atoms with Crippen molar-refractivity contribution >= 4 is 6.09 Å². The van der Waals surface area contributed by atoms with E-state index in [0.717, 1.165) is 29.9 Å². The van der Waals surface area contributed by atoms with Crippen molar-refractivity contribution in [1.82, 2.24) is 4.90 Å². The third-order valence-electron chi connectivity index (χ3n) is 5.09. The van der Waals surface area contributed by atoms with Gasteiger partial charge < -0.3 is 19.5 Å². The Morgan fingerprint density at radius 3 is 2.57 bits per heavy atom. The Balaban J connectivity index is 1.81. The lowest BCUT2D eigenvalue weighted by Crippen LogP contribution is -2.26. The number of rotatable bonds is 4. The number of hydrogen-bond donors (Lipinski definition) is 1. The second kappa shape index (κ2) is 6.69. The highest BCUT2D eigenvalue weighted by Gasteiger charge is 2.34. The van der Waals surface area contributed by atoms with Gasteiger partial charge in [0.15, 0.2) is 11.5 Å². The van der Waals surface area contributed by atoms with Crippen molar-refractivity contribution in [1.29, 1.82) is 0 Å². The first-order chi connectivity index (χ1) is 11.1. The fourth-order valence-corrected chi connectivity index (χ4v) is 3.76. The Kier molecular flexibility index (Phi) is 4.64. The molecule has 1 N–H and O–H groups in total. The number of amides is 1. The molecule has 1 saturated carbocycles. The zero-order valence-electron chi connectivity index (χ0n) is 13.8. The molecule has 1 amide bonds. The smallest absolute Gasteiger partial charge is 0.407 e. The van der Waals surface area contributed by atoms with Crippen LogP contribution in [0.15, 0.2) is 18.2 Å². The average molecular weight is 319 g/mol. The number of likely N-dealkylation sites (tertiary alicyclic amines) is 1. The summed E-state index contributed by atoms with van der Waals surface area (Å²) in [6, 6.07) is 6.02. The van der Waals surface area contributed by atoms with Crippen LogP contribution in [0.1, 0.15) is 44.1 Å². The van der Waals surface area contributed by atoms with Crippen LogP contribution in [-0.2, 0) is 0 Å². The van der Waals surface area contributed by atoms with Crippen LogP contribution in [0.3, 0.4) is 0 Å². The van der Waals surface area contributed by atoms with E-state index >= 15 is 0 Å². The van der Waals surface area contributed by atoms with Crippen molar-refractivity contribution in [3.8, 4) is 11.5 Å². The van der Waals surface area contributed by atoms with Gasteiger partial charge in [0.1, 0.15) is 0 Å². The number of carboxylic acid groups (broad SMARTS) is 1. The molecule has 1 aliphatic heterocycles. The van der Waals surface area contributed by atoms with E-state index in [1.54, 1.807) is 7.11 Å². The molecule has 126 valence electrons. The molecule has 1 aromatic carbocycles. The zero-order valence-corrected chi connectivity index (χ0v) is 13.8. The van der Waals surface area contributed by atoms with Gasteiger partial charge in [-0.15, -0.1) is 0 Å². The number of nitrogens with zero attached hydrogens (tertiary/aromatic N) is 1. The minimum absolute atomic E-state index is 0.211. The van der Waals surface area contributed by atoms with E-state index in [9.17, 15) is 9.90 Å². The van der Waals surface area contributed by atoms with E-state index in [4.69, 9.17) is 9.47 Å². The number of ether oxygens (including phenoxy) is 2. The van der Waals surface area contributed by atoms with Crippen LogP contribution in [0.25, 0.3) is 0 Å². The SMILES string of the molecule is COc1ccc([C@H]2CN(C(=O)O)C[C@H]2C)cc1OC1CCCC1. The van der Waals surface area contributed by atoms with Gasteiger partial charge in [0.25, 0.3) is 0 Å². The standard InChI is InChI=1S/C18H25NO4/c1-12-10-19(18(20)21)11-15(12)13-7-8-16(22-2)17(9-13)23-14-5-3-4-6-14/h7-9,12,14-15H,3-6,10-11H2,1-2H3,(H,20,21)/t12-,15+/m1/s1. The predicted octanol–water partition coefficient (Wildman–Crippen LogP) is 3.73. The molecule has 1 saturated heterocycles. The Morgan fingerprint density at radius 1 is 1.22 bits per heavy atom. The van der Waals surface area contributed by atoms with E-state index in [1.807, 2.05) is 18.2 Å². The second-order valence-corrected chi connectivity index (χ2v) is 6.71. The maximum absolute atomic E-state index is 11.2. The lowest BCUT2D eigenvalue weighted by Gasteiger charge is -2.20. The molecule has 0 aromatic heterocycles. The van der Waals surface area contributed by atoms with Gasteiger partial charge in [-0.2, -0.15) is 0 Å². The molecular weight excluding hydrogens is 294 g/mol. The van der Waals surface area contributed by atoms with Crippen LogP contribution in [0.5, 0.6) is 11.5 Å². The molecule has 0 spiro atoms. The van der Waals surface area contributed by atoms with E-state index < -0.39 is 6.09 Å². The summed E-state index contributed by atoms with van der Waals surface area (Å²) in [6.07, 6.45) is 4.07. The molecule has 0 unspecified atom stereocenters. The molecule has 5 heteroatoms. The van der Waals surface area contributed by atoms with Crippen LogP contribution in [0.2, 0.25) is 0 Å². The molecule has 1 aromatic rings. The van der Waals surface area contributed by atoms with Gasteiger partial charge in [0.05, 0.1) is 13.2 Å². The lowest BCUT2D eigenvalue weighted by atomic mass is 9.90. The van der Waals surface area contributed by atoms with Crippen molar-refractivity contribution in [2.75, 3.05) is 20.2 Å². The van der Waals surface area contributed by atoms with Crippen LogP contribution >= 0.6 is 0 Å². The predicted molar refractivity (Wildman–Crippen MR) is 87.4 cm³/mol. The molecule has 0 radical (unpaired) electrons. The first kappa shape index (κ1) is 16.0. The van der Waals surface area contributed by atoms with E-state index in [0.29, 0.717) is 19.0 Å². The van der Waals surface area contributed by atoms with Gasteiger partial charge in [-0.1, -0.05) is 13.0 Å². The summed E-state index contributed by atoms with van der Waals surface area (Å²) < 4.78 is 11.6. The highest BCUT2D eigenvalue weighted by atomic mass is 16.5. The maximum atomic E-state index is 11.2. The molecule has 2 fully saturated rings. The zero-order chi connectivity index (χ0) is 16.4. The first-order valence-electron chi connectivity index (χ1n) is 8.41. The summed E-state index contributed by atoms with van der Waals surface area (Å²) in [5, 5.41) is 9.20. The fourth-order valence-electron chi connectivity index (χ4n) is 3.76.